The predicted octanol–water partition coefficient (Wildman–Crippen LogP) is 3.26. The molecule has 0 aliphatic heterocycles. The molecule has 2 aliphatic rings. The lowest BCUT2D eigenvalue weighted by atomic mass is 10.0. The number of halogens is 1. The van der Waals surface area contributed by atoms with E-state index in [0.717, 1.165) is 36.1 Å². The molecule has 0 amide bonds. The van der Waals surface area contributed by atoms with Crippen molar-refractivity contribution in [1.29, 1.82) is 0 Å². The first-order valence-electron chi connectivity index (χ1n) is 7.87. The van der Waals surface area contributed by atoms with E-state index >= 15 is 0 Å². The highest BCUT2D eigenvalue weighted by atomic mass is 19.1. The van der Waals surface area contributed by atoms with E-state index in [1.54, 1.807) is 6.07 Å². The Balaban J connectivity index is 1.81. The lowest BCUT2D eigenvalue weighted by molar-refractivity contribution is 0.181. The third-order valence-electron chi connectivity index (χ3n) is 4.55. The topological polar surface area (TPSA) is 29.3 Å². The molecular weight excluding hydrogens is 251 g/mol. The third-order valence-corrected chi connectivity index (χ3v) is 4.55. The second-order valence-electron chi connectivity index (χ2n) is 6.62. The zero-order chi connectivity index (χ0) is 14.1. The highest BCUT2D eigenvalue weighted by Crippen LogP contribution is 2.37. The van der Waals surface area contributed by atoms with Crippen LogP contribution in [-0.4, -0.2) is 24.5 Å². The molecule has 1 aromatic rings. The third kappa shape index (κ3) is 3.39. The average Bonchev–Trinajstić information content (AvgIpc) is 3.30. The summed E-state index contributed by atoms with van der Waals surface area (Å²) < 4.78 is 14.2. The van der Waals surface area contributed by atoms with Gasteiger partial charge in [0.25, 0.3) is 0 Å². The summed E-state index contributed by atoms with van der Waals surface area (Å²) in [5, 5.41) is 0. The highest BCUT2D eigenvalue weighted by Gasteiger charge is 2.33. The van der Waals surface area contributed by atoms with Gasteiger partial charge in [0.2, 0.25) is 0 Å². The second-order valence-corrected chi connectivity index (χ2v) is 6.62. The molecule has 2 N–H and O–H groups in total. The van der Waals surface area contributed by atoms with Gasteiger partial charge in [-0.05, 0) is 50.5 Å². The first-order chi connectivity index (χ1) is 9.67. The summed E-state index contributed by atoms with van der Waals surface area (Å²) in [4.78, 5) is 2.45. The van der Waals surface area contributed by atoms with E-state index in [4.69, 9.17) is 5.73 Å². The van der Waals surface area contributed by atoms with Crippen LogP contribution in [-0.2, 0) is 0 Å². The van der Waals surface area contributed by atoms with Crippen LogP contribution in [0.2, 0.25) is 0 Å². The predicted molar refractivity (Wildman–Crippen MR) is 80.0 cm³/mol. The van der Waals surface area contributed by atoms with E-state index in [2.05, 4.69) is 4.90 Å². The second kappa shape index (κ2) is 5.82. The number of nitrogens with zero attached hydrogens (tertiary/aromatic N) is 1. The van der Waals surface area contributed by atoms with E-state index in [1.165, 1.54) is 25.7 Å². The Morgan fingerprint density at radius 2 is 1.80 bits per heavy atom. The van der Waals surface area contributed by atoms with E-state index in [-0.39, 0.29) is 11.9 Å². The van der Waals surface area contributed by atoms with Crippen LogP contribution in [0.3, 0.4) is 0 Å². The van der Waals surface area contributed by atoms with Crippen molar-refractivity contribution in [2.75, 3.05) is 19.6 Å². The monoisotopic (exact) mass is 276 g/mol. The molecule has 0 radical (unpaired) electrons. The van der Waals surface area contributed by atoms with Gasteiger partial charge in [0.15, 0.2) is 0 Å². The van der Waals surface area contributed by atoms with Crippen molar-refractivity contribution >= 4 is 0 Å². The fraction of sp³-hybridized carbons (Fsp3) is 0.647. The van der Waals surface area contributed by atoms with Crippen molar-refractivity contribution in [3.63, 3.8) is 0 Å². The van der Waals surface area contributed by atoms with Gasteiger partial charge < -0.3 is 5.73 Å². The number of hydrogen-bond acceptors (Lipinski definition) is 2. The molecule has 0 saturated heterocycles. The van der Waals surface area contributed by atoms with Gasteiger partial charge in [-0.25, -0.2) is 4.39 Å². The summed E-state index contributed by atoms with van der Waals surface area (Å²) >= 11 is 0. The molecule has 1 aromatic carbocycles. The molecule has 3 rings (SSSR count). The van der Waals surface area contributed by atoms with E-state index in [0.29, 0.717) is 6.54 Å². The molecule has 2 saturated carbocycles. The lowest BCUT2D eigenvalue weighted by Gasteiger charge is -2.32. The number of benzene rings is 1. The zero-order valence-electron chi connectivity index (χ0n) is 12.3. The maximum atomic E-state index is 14.2. The van der Waals surface area contributed by atoms with Gasteiger partial charge in [-0.2, -0.15) is 0 Å². The molecule has 3 heteroatoms. The summed E-state index contributed by atoms with van der Waals surface area (Å²) in [5.41, 5.74) is 7.90. The number of nitrogens with two attached hydrogens (primary N) is 1. The summed E-state index contributed by atoms with van der Waals surface area (Å²) in [5.74, 6) is 1.52. The van der Waals surface area contributed by atoms with Gasteiger partial charge in [-0.15, -0.1) is 0 Å². The molecule has 2 nitrogen and oxygen atoms in total. The highest BCUT2D eigenvalue weighted by molar-refractivity contribution is 5.27. The Labute approximate surface area is 121 Å². The molecule has 2 aliphatic carbocycles. The van der Waals surface area contributed by atoms with Crippen LogP contribution in [0.15, 0.2) is 18.2 Å². The van der Waals surface area contributed by atoms with Crippen molar-refractivity contribution in [3.8, 4) is 0 Å². The molecule has 0 aromatic heterocycles. The molecule has 0 heterocycles. The summed E-state index contributed by atoms with van der Waals surface area (Å²) in [6.07, 6.45) is 5.31. The molecule has 0 spiro atoms. The van der Waals surface area contributed by atoms with Crippen LogP contribution in [0.25, 0.3) is 0 Å². The minimum absolute atomic E-state index is 0.0381. The Bertz CT molecular complexity index is 452. The molecule has 2 fully saturated rings. The minimum Gasteiger partial charge on any atom is -0.329 e. The van der Waals surface area contributed by atoms with Crippen LogP contribution in [0.5, 0.6) is 0 Å². The fourth-order valence-electron chi connectivity index (χ4n) is 2.98. The Kier molecular flexibility index (Phi) is 4.08. The zero-order valence-corrected chi connectivity index (χ0v) is 12.3. The van der Waals surface area contributed by atoms with Gasteiger partial charge >= 0.3 is 0 Å². The van der Waals surface area contributed by atoms with Crippen LogP contribution in [0.4, 0.5) is 4.39 Å². The van der Waals surface area contributed by atoms with E-state index in [9.17, 15) is 4.39 Å². The number of hydrogen-bond donors (Lipinski definition) is 1. The molecule has 0 bridgehead atoms. The van der Waals surface area contributed by atoms with E-state index < -0.39 is 0 Å². The summed E-state index contributed by atoms with van der Waals surface area (Å²) in [7, 11) is 0. The maximum absolute atomic E-state index is 14.2. The van der Waals surface area contributed by atoms with Crippen molar-refractivity contribution in [2.24, 2.45) is 17.6 Å². The normalized spacial score (nSPS) is 20.4. The van der Waals surface area contributed by atoms with Gasteiger partial charge in [0.05, 0.1) is 0 Å². The van der Waals surface area contributed by atoms with Crippen LogP contribution in [0.1, 0.15) is 42.9 Å². The molecule has 110 valence electrons. The van der Waals surface area contributed by atoms with Crippen LogP contribution in [0, 0.1) is 24.6 Å². The molecule has 20 heavy (non-hydrogen) atoms. The maximum Gasteiger partial charge on any atom is 0.128 e. The molecule has 1 unspecified atom stereocenters. The number of rotatable bonds is 7. The van der Waals surface area contributed by atoms with Crippen LogP contribution < -0.4 is 5.73 Å². The Morgan fingerprint density at radius 1 is 1.20 bits per heavy atom. The van der Waals surface area contributed by atoms with Crippen molar-refractivity contribution < 1.29 is 4.39 Å². The van der Waals surface area contributed by atoms with E-state index in [1.807, 2.05) is 19.1 Å². The average molecular weight is 276 g/mol. The van der Waals surface area contributed by atoms with Gasteiger partial charge in [0, 0.05) is 31.2 Å². The standard InChI is InChI=1S/C17H25FN2/c1-12-2-7-16(18)15(8-12)17(9-19)20(10-13-3-4-13)11-14-5-6-14/h2,7-8,13-14,17H,3-6,9-11,19H2,1H3. The van der Waals surface area contributed by atoms with Gasteiger partial charge in [-0.3, -0.25) is 4.90 Å². The number of aryl methyl sites for hydroxylation is 1. The molecule has 1 atom stereocenters. The van der Waals surface area contributed by atoms with Gasteiger partial charge in [0.1, 0.15) is 5.82 Å². The first-order valence-corrected chi connectivity index (χ1v) is 7.87. The molecular formula is C17H25FN2. The first kappa shape index (κ1) is 14.0. The van der Waals surface area contributed by atoms with Crippen molar-refractivity contribution in [1.82, 2.24) is 4.90 Å². The van der Waals surface area contributed by atoms with Crippen LogP contribution >= 0.6 is 0 Å². The fourth-order valence-corrected chi connectivity index (χ4v) is 2.98. The quantitative estimate of drug-likeness (QED) is 0.828. The Morgan fingerprint density at radius 3 is 2.30 bits per heavy atom. The largest absolute Gasteiger partial charge is 0.329 e. The Hall–Kier alpha value is -0.930. The van der Waals surface area contributed by atoms with Gasteiger partial charge in [-0.1, -0.05) is 17.7 Å². The summed E-state index contributed by atoms with van der Waals surface area (Å²) in [6, 6.07) is 5.42. The van der Waals surface area contributed by atoms with Crippen molar-refractivity contribution in [2.45, 2.75) is 38.6 Å². The summed E-state index contributed by atoms with van der Waals surface area (Å²) in [6.45, 7) is 4.69. The SMILES string of the molecule is Cc1ccc(F)c(C(CN)N(CC2CC2)CC2CC2)c1. The minimum atomic E-state index is -0.109. The smallest absolute Gasteiger partial charge is 0.128 e. The lowest BCUT2D eigenvalue weighted by Crippen LogP contribution is -2.37. The van der Waals surface area contributed by atoms with Crippen molar-refractivity contribution in [3.05, 3.63) is 35.1 Å².